The molecule has 0 aliphatic heterocycles. The van der Waals surface area contributed by atoms with Gasteiger partial charge in [0, 0.05) is 12.2 Å². The number of nitrogens with zero attached hydrogens (tertiary/aromatic N) is 2. The van der Waals surface area contributed by atoms with Crippen molar-refractivity contribution in [3.8, 4) is 5.69 Å². The summed E-state index contributed by atoms with van der Waals surface area (Å²) < 4.78 is 2.10. The molecule has 114 valence electrons. The highest BCUT2D eigenvalue weighted by Gasteiger charge is 2.13. The standard InChI is InChI=1S/C18H27N3/c1-6-10-19-12-16-9-8-13(3)18(11-16)21-15(5)17(7-2)14(4)20-21/h8-9,11,19H,6-7,10,12H2,1-5H3. The van der Waals surface area contributed by atoms with Crippen LogP contribution in [0.1, 0.15) is 48.3 Å². The Bertz CT molecular complexity index is 611. The van der Waals surface area contributed by atoms with Crippen LogP contribution >= 0.6 is 0 Å². The minimum Gasteiger partial charge on any atom is -0.313 e. The summed E-state index contributed by atoms with van der Waals surface area (Å²) in [5, 5.41) is 8.21. The van der Waals surface area contributed by atoms with Crippen molar-refractivity contribution in [2.45, 2.75) is 54.0 Å². The van der Waals surface area contributed by atoms with Crippen molar-refractivity contribution in [2.75, 3.05) is 6.54 Å². The van der Waals surface area contributed by atoms with Gasteiger partial charge in [-0.2, -0.15) is 5.10 Å². The zero-order valence-corrected chi connectivity index (χ0v) is 14.0. The van der Waals surface area contributed by atoms with E-state index in [-0.39, 0.29) is 0 Å². The van der Waals surface area contributed by atoms with E-state index in [0.29, 0.717) is 0 Å². The first kappa shape index (κ1) is 15.8. The van der Waals surface area contributed by atoms with Crippen molar-refractivity contribution >= 4 is 0 Å². The van der Waals surface area contributed by atoms with Crippen LogP contribution in [0.3, 0.4) is 0 Å². The van der Waals surface area contributed by atoms with Crippen molar-refractivity contribution in [1.82, 2.24) is 15.1 Å². The average Bonchev–Trinajstić information content (AvgIpc) is 2.75. The molecule has 3 heteroatoms. The van der Waals surface area contributed by atoms with Crippen LogP contribution in [-0.2, 0) is 13.0 Å². The lowest BCUT2D eigenvalue weighted by Gasteiger charge is -2.12. The highest BCUT2D eigenvalue weighted by molar-refractivity contribution is 5.45. The first-order valence-corrected chi connectivity index (χ1v) is 7.94. The minimum atomic E-state index is 0.918. The van der Waals surface area contributed by atoms with Gasteiger partial charge in [-0.25, -0.2) is 4.68 Å². The van der Waals surface area contributed by atoms with Gasteiger partial charge in [-0.05, 0) is 62.9 Å². The van der Waals surface area contributed by atoms with Crippen molar-refractivity contribution in [3.05, 3.63) is 46.3 Å². The molecular weight excluding hydrogens is 258 g/mol. The zero-order valence-electron chi connectivity index (χ0n) is 14.0. The van der Waals surface area contributed by atoms with E-state index in [1.807, 2.05) is 0 Å². The Kier molecular flexibility index (Phi) is 5.18. The number of rotatable bonds is 6. The van der Waals surface area contributed by atoms with Gasteiger partial charge in [-0.15, -0.1) is 0 Å². The van der Waals surface area contributed by atoms with E-state index in [0.717, 1.165) is 31.6 Å². The van der Waals surface area contributed by atoms with Crippen LogP contribution in [-0.4, -0.2) is 16.3 Å². The molecule has 0 fully saturated rings. The summed E-state index contributed by atoms with van der Waals surface area (Å²) in [5.74, 6) is 0. The fraction of sp³-hybridized carbons (Fsp3) is 0.500. The van der Waals surface area contributed by atoms with Gasteiger partial charge >= 0.3 is 0 Å². The molecule has 2 rings (SSSR count). The van der Waals surface area contributed by atoms with Crippen molar-refractivity contribution in [3.63, 3.8) is 0 Å². The van der Waals surface area contributed by atoms with Crippen molar-refractivity contribution in [2.24, 2.45) is 0 Å². The molecule has 1 aromatic heterocycles. The quantitative estimate of drug-likeness (QED) is 0.817. The van der Waals surface area contributed by atoms with Gasteiger partial charge in [0.2, 0.25) is 0 Å². The van der Waals surface area contributed by atoms with E-state index in [9.17, 15) is 0 Å². The molecule has 0 aliphatic rings. The smallest absolute Gasteiger partial charge is 0.0681 e. The highest BCUT2D eigenvalue weighted by Crippen LogP contribution is 2.22. The number of nitrogens with one attached hydrogen (secondary N) is 1. The third-order valence-corrected chi connectivity index (χ3v) is 4.05. The van der Waals surface area contributed by atoms with E-state index in [1.54, 1.807) is 0 Å². The lowest BCUT2D eigenvalue weighted by Crippen LogP contribution is -2.14. The van der Waals surface area contributed by atoms with Gasteiger partial charge < -0.3 is 5.32 Å². The van der Waals surface area contributed by atoms with Crippen LogP contribution in [0, 0.1) is 20.8 Å². The molecule has 1 heterocycles. The molecule has 3 nitrogen and oxygen atoms in total. The Balaban J connectivity index is 2.36. The normalized spacial score (nSPS) is 11.1. The molecule has 21 heavy (non-hydrogen) atoms. The Morgan fingerprint density at radius 3 is 2.52 bits per heavy atom. The first-order chi connectivity index (χ1) is 10.1. The minimum absolute atomic E-state index is 0.918. The van der Waals surface area contributed by atoms with E-state index >= 15 is 0 Å². The summed E-state index contributed by atoms with van der Waals surface area (Å²) in [5.41, 5.74) is 7.55. The maximum atomic E-state index is 4.75. The van der Waals surface area contributed by atoms with Crippen molar-refractivity contribution in [1.29, 1.82) is 0 Å². The molecule has 2 aromatic rings. The molecular formula is C18H27N3. The molecule has 0 saturated heterocycles. The lowest BCUT2D eigenvalue weighted by atomic mass is 10.1. The van der Waals surface area contributed by atoms with Crippen LogP contribution < -0.4 is 5.32 Å². The number of aromatic nitrogens is 2. The van der Waals surface area contributed by atoms with Gasteiger partial charge in [-0.1, -0.05) is 26.0 Å². The largest absolute Gasteiger partial charge is 0.313 e. The predicted octanol–water partition coefficient (Wildman–Crippen LogP) is 3.86. The second kappa shape index (κ2) is 6.90. The first-order valence-electron chi connectivity index (χ1n) is 7.94. The van der Waals surface area contributed by atoms with Crippen LogP contribution in [0.2, 0.25) is 0 Å². The van der Waals surface area contributed by atoms with Crippen LogP contribution in [0.15, 0.2) is 18.2 Å². The summed E-state index contributed by atoms with van der Waals surface area (Å²) in [7, 11) is 0. The fourth-order valence-corrected chi connectivity index (χ4v) is 2.82. The molecule has 0 amide bonds. The van der Waals surface area contributed by atoms with Gasteiger partial charge in [0.05, 0.1) is 11.4 Å². The molecule has 0 radical (unpaired) electrons. The summed E-state index contributed by atoms with van der Waals surface area (Å²) in [4.78, 5) is 0. The summed E-state index contributed by atoms with van der Waals surface area (Å²) in [6.45, 7) is 12.8. The Morgan fingerprint density at radius 1 is 1.14 bits per heavy atom. The van der Waals surface area contributed by atoms with Gasteiger partial charge in [0.25, 0.3) is 0 Å². The molecule has 0 saturated carbocycles. The molecule has 0 aliphatic carbocycles. The number of hydrogen-bond acceptors (Lipinski definition) is 2. The third kappa shape index (κ3) is 3.35. The maximum Gasteiger partial charge on any atom is 0.0681 e. The molecule has 0 unspecified atom stereocenters. The van der Waals surface area contributed by atoms with Crippen molar-refractivity contribution < 1.29 is 0 Å². The third-order valence-electron chi connectivity index (χ3n) is 4.05. The molecule has 0 spiro atoms. The molecule has 0 atom stereocenters. The average molecular weight is 285 g/mol. The Hall–Kier alpha value is -1.61. The van der Waals surface area contributed by atoms with Gasteiger partial charge in [0.15, 0.2) is 0 Å². The van der Waals surface area contributed by atoms with E-state index in [2.05, 4.69) is 62.8 Å². The highest BCUT2D eigenvalue weighted by atomic mass is 15.3. The zero-order chi connectivity index (χ0) is 15.4. The van der Waals surface area contributed by atoms with Crippen LogP contribution in [0.5, 0.6) is 0 Å². The van der Waals surface area contributed by atoms with E-state index in [1.165, 1.54) is 28.1 Å². The summed E-state index contributed by atoms with van der Waals surface area (Å²) in [6, 6.07) is 6.66. The fourth-order valence-electron chi connectivity index (χ4n) is 2.82. The lowest BCUT2D eigenvalue weighted by molar-refractivity contribution is 0.674. The molecule has 0 bridgehead atoms. The van der Waals surface area contributed by atoms with E-state index < -0.39 is 0 Å². The van der Waals surface area contributed by atoms with Crippen LogP contribution in [0.25, 0.3) is 5.69 Å². The molecule has 1 N–H and O–H groups in total. The second-order valence-corrected chi connectivity index (χ2v) is 5.71. The summed E-state index contributed by atoms with van der Waals surface area (Å²) >= 11 is 0. The summed E-state index contributed by atoms with van der Waals surface area (Å²) in [6.07, 6.45) is 2.20. The van der Waals surface area contributed by atoms with Gasteiger partial charge in [0.1, 0.15) is 0 Å². The monoisotopic (exact) mass is 285 g/mol. The predicted molar refractivity (Wildman–Crippen MR) is 89.2 cm³/mol. The maximum absolute atomic E-state index is 4.75. The molecule has 1 aromatic carbocycles. The Labute approximate surface area is 128 Å². The van der Waals surface area contributed by atoms with Gasteiger partial charge in [-0.3, -0.25) is 0 Å². The van der Waals surface area contributed by atoms with Crippen LogP contribution in [0.4, 0.5) is 0 Å². The SMILES string of the molecule is CCCNCc1ccc(C)c(-n2nc(C)c(CC)c2C)c1. The number of hydrogen-bond donors (Lipinski definition) is 1. The topological polar surface area (TPSA) is 29.9 Å². The number of aryl methyl sites for hydroxylation is 2. The Morgan fingerprint density at radius 2 is 1.90 bits per heavy atom. The number of benzene rings is 1. The van der Waals surface area contributed by atoms with E-state index in [4.69, 9.17) is 5.10 Å². The second-order valence-electron chi connectivity index (χ2n) is 5.71.